The normalized spacial score (nSPS) is 10.0. The van der Waals surface area contributed by atoms with Gasteiger partial charge in [0, 0.05) is 6.54 Å². The van der Waals surface area contributed by atoms with Gasteiger partial charge in [-0.25, -0.2) is 4.79 Å². The molecule has 7 nitrogen and oxygen atoms in total. The molecular weight excluding hydrogens is 348 g/mol. The number of rotatable bonds is 10. The van der Waals surface area contributed by atoms with Gasteiger partial charge in [0.25, 0.3) is 0 Å². The summed E-state index contributed by atoms with van der Waals surface area (Å²) in [5.41, 5.74) is 2.69. The first kappa shape index (κ1) is 20.1. The zero-order valence-electron chi connectivity index (χ0n) is 15.7. The number of amides is 1. The number of esters is 1. The van der Waals surface area contributed by atoms with E-state index in [0.717, 1.165) is 17.7 Å². The third-order valence-electron chi connectivity index (χ3n) is 3.92. The number of benzene rings is 2. The molecule has 0 aromatic heterocycles. The Labute approximate surface area is 158 Å². The van der Waals surface area contributed by atoms with E-state index in [4.69, 9.17) is 14.2 Å². The number of nitrogens with one attached hydrogen (secondary N) is 2. The lowest BCUT2D eigenvalue weighted by atomic mass is 10.1. The van der Waals surface area contributed by atoms with E-state index in [-0.39, 0.29) is 0 Å². The van der Waals surface area contributed by atoms with Crippen molar-refractivity contribution in [1.82, 2.24) is 0 Å². The summed E-state index contributed by atoms with van der Waals surface area (Å²) in [6, 6.07) is 10.7. The molecule has 7 heteroatoms. The second kappa shape index (κ2) is 10.1. The predicted molar refractivity (Wildman–Crippen MR) is 104 cm³/mol. The summed E-state index contributed by atoms with van der Waals surface area (Å²) in [4.78, 5) is 22.7. The van der Waals surface area contributed by atoms with Crippen LogP contribution >= 0.6 is 0 Å². The summed E-state index contributed by atoms with van der Waals surface area (Å²) in [6.45, 7) is 2.66. The van der Waals surface area contributed by atoms with Gasteiger partial charge in [0.05, 0.1) is 37.8 Å². The van der Waals surface area contributed by atoms with E-state index in [1.807, 2.05) is 18.2 Å². The van der Waals surface area contributed by atoms with E-state index in [0.29, 0.717) is 42.3 Å². The van der Waals surface area contributed by atoms with Gasteiger partial charge in [-0.05, 0) is 49.2 Å². The first-order chi connectivity index (χ1) is 13.1. The molecule has 0 unspecified atom stereocenters. The van der Waals surface area contributed by atoms with Gasteiger partial charge in [-0.2, -0.15) is 0 Å². The highest BCUT2D eigenvalue weighted by Gasteiger charge is 2.11. The van der Waals surface area contributed by atoms with Crippen molar-refractivity contribution in [2.75, 3.05) is 38.0 Å². The second-order valence-electron chi connectivity index (χ2n) is 5.61. The Morgan fingerprint density at radius 2 is 1.81 bits per heavy atom. The molecule has 0 saturated heterocycles. The Kier molecular flexibility index (Phi) is 7.49. The minimum absolute atomic E-state index is 0.292. The molecule has 0 bridgehead atoms. The second-order valence-corrected chi connectivity index (χ2v) is 5.61. The molecular formula is C20H24N2O5. The fraction of sp³-hybridized carbons (Fsp3) is 0.300. The Morgan fingerprint density at radius 1 is 1.04 bits per heavy atom. The van der Waals surface area contributed by atoms with E-state index >= 15 is 0 Å². The molecule has 27 heavy (non-hydrogen) atoms. The number of carbonyl (C=O) groups is 2. The third-order valence-corrected chi connectivity index (χ3v) is 3.92. The van der Waals surface area contributed by atoms with Crippen molar-refractivity contribution in [2.45, 2.75) is 13.3 Å². The van der Waals surface area contributed by atoms with Crippen LogP contribution in [0.2, 0.25) is 0 Å². The maximum absolute atomic E-state index is 11.8. The Hall–Kier alpha value is -3.22. The standard InChI is InChI=1S/C20H24N2O5/c1-4-27-20(24)15-6-7-16(17(12-15)22-13-23)21-10-9-14-5-8-18(25-2)19(11-14)26-3/h5-8,11-13,21H,4,9-10H2,1-3H3,(H,22,23). The first-order valence-corrected chi connectivity index (χ1v) is 8.59. The van der Waals surface area contributed by atoms with Crippen molar-refractivity contribution < 1.29 is 23.8 Å². The van der Waals surface area contributed by atoms with Crippen molar-refractivity contribution in [3.63, 3.8) is 0 Å². The molecule has 144 valence electrons. The average molecular weight is 372 g/mol. The van der Waals surface area contributed by atoms with E-state index in [1.165, 1.54) is 0 Å². The van der Waals surface area contributed by atoms with Gasteiger partial charge in [-0.15, -0.1) is 0 Å². The minimum Gasteiger partial charge on any atom is -0.493 e. The SMILES string of the molecule is CCOC(=O)c1ccc(NCCc2ccc(OC)c(OC)c2)c(NC=O)c1. The van der Waals surface area contributed by atoms with Gasteiger partial charge >= 0.3 is 5.97 Å². The number of hydrogen-bond acceptors (Lipinski definition) is 6. The molecule has 2 N–H and O–H groups in total. The van der Waals surface area contributed by atoms with E-state index in [1.54, 1.807) is 39.3 Å². The zero-order chi connectivity index (χ0) is 19.6. The van der Waals surface area contributed by atoms with E-state index in [2.05, 4.69) is 10.6 Å². The molecule has 0 atom stereocenters. The van der Waals surface area contributed by atoms with Crippen LogP contribution in [0.4, 0.5) is 11.4 Å². The number of methoxy groups -OCH3 is 2. The molecule has 0 radical (unpaired) electrons. The van der Waals surface area contributed by atoms with Crippen LogP contribution in [0.5, 0.6) is 11.5 Å². The fourth-order valence-corrected chi connectivity index (χ4v) is 2.60. The van der Waals surface area contributed by atoms with Crippen LogP contribution in [-0.4, -0.2) is 39.8 Å². The first-order valence-electron chi connectivity index (χ1n) is 8.59. The topological polar surface area (TPSA) is 85.9 Å². The number of anilines is 2. The summed E-state index contributed by atoms with van der Waals surface area (Å²) in [5.74, 6) is 0.932. The van der Waals surface area contributed by atoms with Gasteiger partial charge in [0.15, 0.2) is 11.5 Å². The van der Waals surface area contributed by atoms with Crippen molar-refractivity contribution in [2.24, 2.45) is 0 Å². The largest absolute Gasteiger partial charge is 0.493 e. The Bertz CT molecular complexity index is 792. The molecule has 0 aliphatic rings. The monoisotopic (exact) mass is 372 g/mol. The van der Waals surface area contributed by atoms with Crippen LogP contribution < -0.4 is 20.1 Å². The summed E-state index contributed by atoms with van der Waals surface area (Å²) >= 11 is 0. The number of hydrogen-bond donors (Lipinski definition) is 2. The molecule has 0 saturated carbocycles. The minimum atomic E-state index is -0.427. The third kappa shape index (κ3) is 5.37. The maximum Gasteiger partial charge on any atom is 0.338 e. The van der Waals surface area contributed by atoms with Crippen LogP contribution in [0.15, 0.2) is 36.4 Å². The lowest BCUT2D eigenvalue weighted by Gasteiger charge is -2.13. The van der Waals surface area contributed by atoms with Crippen LogP contribution in [0.25, 0.3) is 0 Å². The molecule has 0 heterocycles. The van der Waals surface area contributed by atoms with Crippen LogP contribution in [0, 0.1) is 0 Å². The molecule has 1 amide bonds. The van der Waals surface area contributed by atoms with E-state index < -0.39 is 5.97 Å². The lowest BCUT2D eigenvalue weighted by molar-refractivity contribution is -0.105. The van der Waals surface area contributed by atoms with Crippen LogP contribution in [-0.2, 0) is 16.0 Å². The molecule has 0 spiro atoms. The molecule has 0 aliphatic carbocycles. The predicted octanol–water partition coefficient (Wildman–Crippen LogP) is 3.10. The van der Waals surface area contributed by atoms with Crippen molar-refractivity contribution in [3.8, 4) is 11.5 Å². The van der Waals surface area contributed by atoms with Crippen molar-refractivity contribution in [3.05, 3.63) is 47.5 Å². The van der Waals surface area contributed by atoms with Gasteiger partial charge in [-0.1, -0.05) is 6.07 Å². The Balaban J connectivity index is 2.06. The smallest absolute Gasteiger partial charge is 0.338 e. The van der Waals surface area contributed by atoms with Gasteiger partial charge in [0.1, 0.15) is 0 Å². The Morgan fingerprint density at radius 3 is 2.48 bits per heavy atom. The molecule has 2 rings (SSSR count). The van der Waals surface area contributed by atoms with Gasteiger partial charge in [0.2, 0.25) is 6.41 Å². The average Bonchev–Trinajstić information content (AvgIpc) is 2.69. The van der Waals surface area contributed by atoms with Gasteiger partial charge < -0.3 is 24.8 Å². The van der Waals surface area contributed by atoms with Crippen molar-refractivity contribution >= 4 is 23.8 Å². The highest BCUT2D eigenvalue weighted by atomic mass is 16.5. The van der Waals surface area contributed by atoms with Crippen LogP contribution in [0.3, 0.4) is 0 Å². The molecule has 0 fully saturated rings. The van der Waals surface area contributed by atoms with Crippen LogP contribution in [0.1, 0.15) is 22.8 Å². The zero-order valence-corrected chi connectivity index (χ0v) is 15.7. The lowest BCUT2D eigenvalue weighted by Crippen LogP contribution is -2.10. The molecule has 2 aromatic rings. The van der Waals surface area contributed by atoms with Gasteiger partial charge in [-0.3, -0.25) is 4.79 Å². The molecule has 2 aromatic carbocycles. The summed E-state index contributed by atoms with van der Waals surface area (Å²) < 4.78 is 15.5. The number of carbonyl (C=O) groups excluding carboxylic acids is 2. The summed E-state index contributed by atoms with van der Waals surface area (Å²) in [5, 5.41) is 5.87. The molecule has 0 aliphatic heterocycles. The quantitative estimate of drug-likeness (QED) is 0.492. The summed E-state index contributed by atoms with van der Waals surface area (Å²) in [6.07, 6.45) is 1.31. The fourth-order valence-electron chi connectivity index (χ4n) is 2.60. The van der Waals surface area contributed by atoms with Crippen molar-refractivity contribution in [1.29, 1.82) is 0 Å². The highest BCUT2D eigenvalue weighted by molar-refractivity contribution is 5.93. The number of ether oxygens (including phenoxy) is 3. The highest BCUT2D eigenvalue weighted by Crippen LogP contribution is 2.28. The maximum atomic E-state index is 11.8. The van der Waals surface area contributed by atoms with E-state index in [9.17, 15) is 9.59 Å². The summed E-state index contributed by atoms with van der Waals surface area (Å²) in [7, 11) is 3.20.